The summed E-state index contributed by atoms with van der Waals surface area (Å²) in [6, 6.07) is 63.3. The van der Waals surface area contributed by atoms with Crippen LogP contribution < -0.4 is 0 Å². The van der Waals surface area contributed by atoms with Crippen LogP contribution in [0.25, 0.3) is 54.9 Å². The highest BCUT2D eigenvalue weighted by molar-refractivity contribution is 8.00. The lowest BCUT2D eigenvalue weighted by atomic mass is 9.67. The maximum absolute atomic E-state index is 2.47. The van der Waals surface area contributed by atoms with E-state index in [-0.39, 0.29) is 0 Å². The predicted molar refractivity (Wildman–Crippen MR) is 194 cm³/mol. The first-order valence-electron chi connectivity index (χ1n) is 15.9. The number of benzene rings is 8. The molecule has 10 rings (SSSR count). The van der Waals surface area contributed by atoms with Crippen LogP contribution in [-0.4, -0.2) is 0 Å². The molecule has 0 aromatic heterocycles. The maximum atomic E-state index is 2.47. The molecule has 0 amide bonds. The van der Waals surface area contributed by atoms with Gasteiger partial charge in [0.25, 0.3) is 0 Å². The second-order valence-corrected chi connectivity index (χ2v) is 13.4. The van der Waals surface area contributed by atoms with Crippen LogP contribution in [0.2, 0.25) is 0 Å². The minimum Gasteiger partial charge on any atom is -0.0881 e. The molecule has 0 fully saturated rings. The SMILES string of the molecule is c1ccc(C2(c3cccc(-c4ccc5cccc6c5c4Sc4ccccc4-6)c3)c3ccccc3-c3c2ccc2ccccc32)cc1. The van der Waals surface area contributed by atoms with Crippen molar-refractivity contribution < 1.29 is 0 Å². The average Bonchev–Trinajstić information content (AvgIpc) is 3.44. The highest BCUT2D eigenvalue weighted by Crippen LogP contribution is 2.58. The minimum absolute atomic E-state index is 0.452. The van der Waals surface area contributed by atoms with Gasteiger partial charge in [-0.05, 0) is 83.9 Å². The molecule has 0 bridgehead atoms. The molecule has 8 aromatic rings. The lowest BCUT2D eigenvalue weighted by molar-refractivity contribution is 0.769. The third-order valence-electron chi connectivity index (χ3n) is 10.1. The highest BCUT2D eigenvalue weighted by atomic mass is 32.2. The van der Waals surface area contributed by atoms with Crippen molar-refractivity contribution >= 4 is 33.3 Å². The van der Waals surface area contributed by atoms with Crippen molar-refractivity contribution in [3.8, 4) is 33.4 Å². The number of rotatable bonds is 3. The number of hydrogen-bond acceptors (Lipinski definition) is 1. The van der Waals surface area contributed by atoms with Crippen LogP contribution in [-0.2, 0) is 5.41 Å². The van der Waals surface area contributed by atoms with Crippen molar-refractivity contribution in [1.29, 1.82) is 0 Å². The second-order valence-electron chi connectivity index (χ2n) is 12.4. The Morgan fingerprint density at radius 1 is 0.413 bits per heavy atom. The quantitative estimate of drug-likeness (QED) is 0.194. The van der Waals surface area contributed by atoms with Gasteiger partial charge in [-0.1, -0.05) is 169 Å². The third kappa shape index (κ3) is 3.47. The number of fused-ring (bicyclic) bond motifs is 7. The topological polar surface area (TPSA) is 0 Å². The zero-order valence-electron chi connectivity index (χ0n) is 25.1. The van der Waals surface area contributed by atoms with Crippen LogP contribution in [0.15, 0.2) is 180 Å². The summed E-state index contributed by atoms with van der Waals surface area (Å²) < 4.78 is 0. The molecule has 1 aliphatic carbocycles. The summed E-state index contributed by atoms with van der Waals surface area (Å²) in [7, 11) is 0. The molecule has 0 spiro atoms. The van der Waals surface area contributed by atoms with E-state index in [4.69, 9.17) is 0 Å². The van der Waals surface area contributed by atoms with Gasteiger partial charge in [-0.2, -0.15) is 0 Å². The Bertz CT molecular complexity index is 2510. The molecule has 214 valence electrons. The highest BCUT2D eigenvalue weighted by Gasteiger charge is 2.46. The van der Waals surface area contributed by atoms with E-state index in [2.05, 4.69) is 170 Å². The van der Waals surface area contributed by atoms with Gasteiger partial charge in [0, 0.05) is 15.2 Å². The first-order valence-corrected chi connectivity index (χ1v) is 16.8. The maximum Gasteiger partial charge on any atom is 0.0714 e. The van der Waals surface area contributed by atoms with Crippen molar-refractivity contribution in [3.05, 3.63) is 192 Å². The Balaban J connectivity index is 1.27. The molecule has 46 heavy (non-hydrogen) atoms. The normalized spacial score (nSPS) is 15.8. The minimum atomic E-state index is -0.452. The Hall–Kier alpha value is -5.37. The predicted octanol–water partition coefficient (Wildman–Crippen LogP) is 12.2. The molecule has 0 N–H and O–H groups in total. The smallest absolute Gasteiger partial charge is 0.0714 e. The van der Waals surface area contributed by atoms with Gasteiger partial charge in [0.05, 0.1) is 5.41 Å². The first-order chi connectivity index (χ1) is 22.8. The molecule has 1 atom stereocenters. The zero-order chi connectivity index (χ0) is 30.2. The van der Waals surface area contributed by atoms with Crippen molar-refractivity contribution in [2.45, 2.75) is 15.2 Å². The summed E-state index contributed by atoms with van der Waals surface area (Å²) in [6.45, 7) is 0. The van der Waals surface area contributed by atoms with Crippen molar-refractivity contribution in [2.24, 2.45) is 0 Å². The lowest BCUT2D eigenvalue weighted by Gasteiger charge is -2.34. The van der Waals surface area contributed by atoms with Crippen molar-refractivity contribution in [3.63, 3.8) is 0 Å². The van der Waals surface area contributed by atoms with E-state index < -0.39 is 5.41 Å². The fourth-order valence-electron chi connectivity index (χ4n) is 8.24. The van der Waals surface area contributed by atoms with E-state index in [0.717, 1.165) is 0 Å². The third-order valence-corrected chi connectivity index (χ3v) is 11.3. The van der Waals surface area contributed by atoms with Gasteiger partial charge in [0.15, 0.2) is 0 Å². The Labute approximate surface area is 273 Å². The Kier molecular flexibility index (Phi) is 5.53. The molecule has 1 heterocycles. The fourth-order valence-corrected chi connectivity index (χ4v) is 9.52. The van der Waals surface area contributed by atoms with E-state index >= 15 is 0 Å². The molecule has 8 aromatic carbocycles. The molecule has 1 unspecified atom stereocenters. The Morgan fingerprint density at radius 3 is 2.04 bits per heavy atom. The van der Waals surface area contributed by atoms with Gasteiger partial charge in [0.2, 0.25) is 0 Å². The Morgan fingerprint density at radius 2 is 1.11 bits per heavy atom. The van der Waals surface area contributed by atoms with Gasteiger partial charge < -0.3 is 0 Å². The van der Waals surface area contributed by atoms with E-state index in [1.54, 1.807) is 0 Å². The monoisotopic (exact) mass is 600 g/mol. The van der Waals surface area contributed by atoms with Gasteiger partial charge in [-0.25, -0.2) is 0 Å². The van der Waals surface area contributed by atoms with Crippen LogP contribution in [0.1, 0.15) is 22.3 Å². The van der Waals surface area contributed by atoms with Crippen molar-refractivity contribution in [2.75, 3.05) is 0 Å². The standard InChI is InChI=1S/C45H28S/c1-2-15-32(16-3-1)45(39-22-8-6-20-38(39)43-34-18-5-4-12-29(34)25-27-40(43)45)33-17-10-14-31(28-33)35-26-24-30-13-11-21-37-36-19-7-9-23-41(36)46-44(35)42(30)37/h1-28H. The van der Waals surface area contributed by atoms with E-state index in [1.165, 1.54) is 87.0 Å². The van der Waals surface area contributed by atoms with Crippen LogP contribution >= 0.6 is 11.8 Å². The lowest BCUT2D eigenvalue weighted by Crippen LogP contribution is -2.28. The molecule has 2 aliphatic rings. The van der Waals surface area contributed by atoms with Crippen LogP contribution in [0.5, 0.6) is 0 Å². The van der Waals surface area contributed by atoms with E-state index in [0.29, 0.717) is 0 Å². The average molecular weight is 601 g/mol. The molecule has 0 saturated carbocycles. The first kappa shape index (κ1) is 25.9. The number of hydrogen-bond donors (Lipinski definition) is 0. The van der Waals surface area contributed by atoms with Crippen LogP contribution in [0.3, 0.4) is 0 Å². The van der Waals surface area contributed by atoms with Crippen LogP contribution in [0, 0.1) is 0 Å². The second kappa shape index (κ2) is 9.81. The van der Waals surface area contributed by atoms with E-state index in [1.807, 2.05) is 11.8 Å². The molecular formula is C45H28S. The molecular weight excluding hydrogens is 573 g/mol. The van der Waals surface area contributed by atoms with Gasteiger partial charge in [-0.15, -0.1) is 0 Å². The van der Waals surface area contributed by atoms with Crippen LogP contribution in [0.4, 0.5) is 0 Å². The molecule has 0 nitrogen and oxygen atoms in total. The summed E-state index contributed by atoms with van der Waals surface area (Å²) in [5.41, 5.74) is 12.7. The summed E-state index contributed by atoms with van der Waals surface area (Å²) in [5.74, 6) is 0. The van der Waals surface area contributed by atoms with Gasteiger partial charge >= 0.3 is 0 Å². The zero-order valence-corrected chi connectivity index (χ0v) is 25.9. The summed E-state index contributed by atoms with van der Waals surface area (Å²) in [4.78, 5) is 2.66. The molecule has 0 radical (unpaired) electrons. The van der Waals surface area contributed by atoms with E-state index in [9.17, 15) is 0 Å². The summed E-state index contributed by atoms with van der Waals surface area (Å²) in [5, 5.41) is 5.23. The fraction of sp³-hybridized carbons (Fsp3) is 0.0222. The van der Waals surface area contributed by atoms with Crippen molar-refractivity contribution in [1.82, 2.24) is 0 Å². The summed E-state index contributed by atoms with van der Waals surface area (Å²) in [6.07, 6.45) is 0. The van der Waals surface area contributed by atoms with Gasteiger partial charge in [0.1, 0.15) is 0 Å². The molecule has 1 aliphatic heterocycles. The largest absolute Gasteiger partial charge is 0.0881 e. The molecule has 0 saturated heterocycles. The molecule has 1 heteroatoms. The summed E-state index contributed by atoms with van der Waals surface area (Å²) >= 11 is 1.91. The van der Waals surface area contributed by atoms with Gasteiger partial charge in [-0.3, -0.25) is 0 Å².